The number of hydrogen-bond donors (Lipinski definition) is 2. The molecule has 0 saturated heterocycles. The molecule has 0 aromatic carbocycles. The minimum Gasteiger partial charge on any atom is -0.341 e. The summed E-state index contributed by atoms with van der Waals surface area (Å²) < 4.78 is 10.3. The van der Waals surface area contributed by atoms with Crippen molar-refractivity contribution in [1.29, 1.82) is 0 Å². The first kappa shape index (κ1) is 12.8. The molecule has 17 heavy (non-hydrogen) atoms. The zero-order chi connectivity index (χ0) is 12.7. The summed E-state index contributed by atoms with van der Waals surface area (Å²) in [5.74, 6) is 4.45. The molecular formula is C9H10N4O4. The highest BCUT2D eigenvalue weighted by atomic mass is 16.7. The van der Waals surface area contributed by atoms with Crippen LogP contribution in [0, 0.1) is 34.8 Å². The second-order valence-electron chi connectivity index (χ2n) is 2.83. The van der Waals surface area contributed by atoms with Crippen LogP contribution in [0.15, 0.2) is 4.99 Å². The number of hydrazine groups is 1. The van der Waals surface area contributed by atoms with E-state index in [9.17, 15) is 10.1 Å². The molecule has 2 N–H and O–H groups in total. The molecule has 1 aliphatic heterocycles. The Kier molecular flexibility index (Phi) is 4.76. The molecular weight excluding hydrogens is 228 g/mol. The zero-order valence-corrected chi connectivity index (χ0v) is 8.75. The van der Waals surface area contributed by atoms with Gasteiger partial charge in [-0.25, -0.2) is 15.1 Å². The van der Waals surface area contributed by atoms with Gasteiger partial charge in [-0.3, -0.25) is 0 Å². The molecule has 0 aliphatic carbocycles. The van der Waals surface area contributed by atoms with E-state index in [1.165, 1.54) is 0 Å². The minimum absolute atomic E-state index is 0.0114. The number of aliphatic imine (C=N–C) groups is 1. The Bertz CT molecular complexity index is 395. The lowest BCUT2D eigenvalue weighted by molar-refractivity contribution is -0.525. The van der Waals surface area contributed by atoms with E-state index in [1.54, 1.807) is 0 Å². The van der Waals surface area contributed by atoms with Gasteiger partial charge >= 0.3 is 0 Å². The molecule has 0 aromatic heterocycles. The van der Waals surface area contributed by atoms with Gasteiger partial charge in [0.2, 0.25) is 0 Å². The van der Waals surface area contributed by atoms with Crippen molar-refractivity contribution in [1.82, 2.24) is 10.7 Å². The van der Waals surface area contributed by atoms with Crippen molar-refractivity contribution in [2.45, 2.75) is 12.5 Å². The molecule has 1 heterocycles. The van der Waals surface area contributed by atoms with Crippen LogP contribution in [0.2, 0.25) is 0 Å². The van der Waals surface area contributed by atoms with Gasteiger partial charge in [-0.05, 0) is 0 Å². The summed E-state index contributed by atoms with van der Waals surface area (Å²) in [6.45, 7) is 0.0341. The van der Waals surface area contributed by atoms with Crippen molar-refractivity contribution in [2.75, 3.05) is 13.2 Å². The van der Waals surface area contributed by atoms with Crippen molar-refractivity contribution >= 4 is 5.96 Å². The largest absolute Gasteiger partial charge is 0.341 e. The van der Waals surface area contributed by atoms with E-state index in [2.05, 4.69) is 22.2 Å². The van der Waals surface area contributed by atoms with Gasteiger partial charge < -0.3 is 14.8 Å². The number of terminal acetylenes is 2. The second kappa shape index (κ2) is 6.33. The zero-order valence-electron chi connectivity index (χ0n) is 8.75. The van der Waals surface area contributed by atoms with Crippen molar-refractivity contribution in [2.24, 2.45) is 4.99 Å². The molecule has 0 spiro atoms. The SMILES string of the molecule is C#CCO[C@@H]1N=C(N[N+](=O)[O-])N[C@H]1OCC#C. The molecule has 0 amide bonds. The predicted molar refractivity (Wildman–Crippen MR) is 57.8 cm³/mol. The number of ether oxygens (including phenoxy) is 2. The standard InChI is InChI=1S/C9H10N4O4/c1-3-5-16-7-8(17-6-4-2)11-9(10-7)12-13(14)15/h1-2,7-8H,5-6H2,(H2,10,11,12)/t7-,8-/m0/s1. The summed E-state index contributed by atoms with van der Waals surface area (Å²) in [7, 11) is 0. The van der Waals surface area contributed by atoms with Crippen LogP contribution in [0.5, 0.6) is 0 Å². The monoisotopic (exact) mass is 238 g/mol. The maximum atomic E-state index is 10.2. The number of rotatable bonds is 5. The Morgan fingerprint density at radius 3 is 2.71 bits per heavy atom. The van der Waals surface area contributed by atoms with Gasteiger partial charge in [0.05, 0.1) is 0 Å². The summed E-state index contributed by atoms with van der Waals surface area (Å²) in [4.78, 5) is 14.1. The third kappa shape index (κ3) is 3.99. The quantitative estimate of drug-likeness (QED) is 0.350. The molecule has 0 fully saturated rings. The Balaban J connectivity index is 2.58. The third-order valence-corrected chi connectivity index (χ3v) is 1.68. The number of hydrogen-bond acceptors (Lipinski definition) is 6. The Hall–Kier alpha value is -2.29. The van der Waals surface area contributed by atoms with Crippen molar-refractivity contribution < 1.29 is 14.5 Å². The maximum Gasteiger partial charge on any atom is 0.259 e. The van der Waals surface area contributed by atoms with E-state index in [-0.39, 0.29) is 19.2 Å². The van der Waals surface area contributed by atoms with E-state index < -0.39 is 17.5 Å². The molecule has 90 valence electrons. The fourth-order valence-electron chi connectivity index (χ4n) is 1.11. The first-order valence-electron chi connectivity index (χ1n) is 4.53. The van der Waals surface area contributed by atoms with Gasteiger partial charge in [0.1, 0.15) is 13.2 Å². The highest BCUT2D eigenvalue weighted by Gasteiger charge is 2.31. The highest BCUT2D eigenvalue weighted by Crippen LogP contribution is 2.09. The van der Waals surface area contributed by atoms with Crippen LogP contribution in [0.25, 0.3) is 0 Å². The van der Waals surface area contributed by atoms with E-state index >= 15 is 0 Å². The van der Waals surface area contributed by atoms with Crippen LogP contribution < -0.4 is 10.7 Å². The number of nitrogens with one attached hydrogen (secondary N) is 2. The molecule has 2 atom stereocenters. The van der Waals surface area contributed by atoms with Crippen LogP contribution >= 0.6 is 0 Å². The lowest BCUT2D eigenvalue weighted by Gasteiger charge is -2.16. The van der Waals surface area contributed by atoms with Gasteiger partial charge in [0, 0.05) is 0 Å². The van der Waals surface area contributed by atoms with E-state index in [0.29, 0.717) is 0 Å². The summed E-state index contributed by atoms with van der Waals surface area (Å²) >= 11 is 0. The van der Waals surface area contributed by atoms with Gasteiger partial charge in [-0.15, -0.1) is 12.8 Å². The molecule has 0 radical (unpaired) electrons. The summed E-state index contributed by atoms with van der Waals surface area (Å²) in [5, 5.41) is 12.1. The lowest BCUT2D eigenvalue weighted by Crippen LogP contribution is -2.44. The first-order chi connectivity index (χ1) is 8.17. The van der Waals surface area contributed by atoms with Gasteiger partial charge in [-0.1, -0.05) is 17.3 Å². The number of nitro groups is 1. The predicted octanol–water partition coefficient (Wildman–Crippen LogP) is -1.32. The summed E-state index contributed by atoms with van der Waals surface area (Å²) in [6.07, 6.45) is 8.57. The van der Waals surface area contributed by atoms with Crippen LogP contribution in [0.1, 0.15) is 0 Å². The number of guanidine groups is 1. The fraction of sp³-hybridized carbons (Fsp3) is 0.444. The molecule has 1 aliphatic rings. The van der Waals surface area contributed by atoms with Crippen LogP contribution in [0.3, 0.4) is 0 Å². The van der Waals surface area contributed by atoms with E-state index in [1.807, 2.05) is 5.43 Å². The van der Waals surface area contributed by atoms with Gasteiger partial charge in [0.15, 0.2) is 17.5 Å². The lowest BCUT2D eigenvalue weighted by atomic mass is 10.5. The highest BCUT2D eigenvalue weighted by molar-refractivity contribution is 5.80. The molecule has 8 heteroatoms. The fourth-order valence-corrected chi connectivity index (χ4v) is 1.11. The third-order valence-electron chi connectivity index (χ3n) is 1.68. The summed E-state index contributed by atoms with van der Waals surface area (Å²) in [5.41, 5.74) is 1.85. The second-order valence-corrected chi connectivity index (χ2v) is 2.83. The Morgan fingerprint density at radius 1 is 1.47 bits per heavy atom. The first-order valence-corrected chi connectivity index (χ1v) is 4.53. The van der Waals surface area contributed by atoms with Crippen LogP contribution in [-0.4, -0.2) is 36.7 Å². The van der Waals surface area contributed by atoms with Crippen molar-refractivity contribution in [3.05, 3.63) is 10.1 Å². The van der Waals surface area contributed by atoms with E-state index in [4.69, 9.17) is 22.3 Å². The smallest absolute Gasteiger partial charge is 0.259 e. The van der Waals surface area contributed by atoms with Crippen LogP contribution in [-0.2, 0) is 9.47 Å². The minimum atomic E-state index is -0.776. The molecule has 1 rings (SSSR count). The average molecular weight is 238 g/mol. The molecule has 0 saturated carbocycles. The topological polar surface area (TPSA) is 98.0 Å². The normalized spacial score (nSPS) is 21.9. The summed E-state index contributed by atoms with van der Waals surface area (Å²) in [6, 6.07) is 0. The molecule has 0 aromatic rings. The molecule has 0 unspecified atom stereocenters. The molecule has 8 nitrogen and oxygen atoms in total. The number of nitrogens with zero attached hydrogens (tertiary/aromatic N) is 2. The van der Waals surface area contributed by atoms with Crippen molar-refractivity contribution in [3.8, 4) is 24.7 Å². The Morgan fingerprint density at radius 2 is 2.12 bits per heavy atom. The van der Waals surface area contributed by atoms with Gasteiger partial charge in [0.25, 0.3) is 5.96 Å². The Labute approximate surface area is 97.5 Å². The molecule has 0 bridgehead atoms. The average Bonchev–Trinajstić information content (AvgIpc) is 2.64. The maximum absolute atomic E-state index is 10.2. The van der Waals surface area contributed by atoms with E-state index in [0.717, 1.165) is 0 Å². The van der Waals surface area contributed by atoms with Crippen molar-refractivity contribution in [3.63, 3.8) is 0 Å². The van der Waals surface area contributed by atoms with Crippen LogP contribution in [0.4, 0.5) is 0 Å². The van der Waals surface area contributed by atoms with Gasteiger partial charge in [-0.2, -0.15) is 0 Å².